The summed E-state index contributed by atoms with van der Waals surface area (Å²) in [5.41, 5.74) is 9.30. The standard InChI is InChI=1S/C21H27N7/c22-18-17(27-11-7-8-12-27)16-19(24-18)25-21(23-15-9-3-1-4-10-15)26-20(16)28-13-5-2-6-14-28/h1,3-4,9-10H,2,5-8,11-14,22H2,(H2,23,24,25,26). The van der Waals surface area contributed by atoms with Gasteiger partial charge in [-0.25, -0.2) is 0 Å². The molecule has 28 heavy (non-hydrogen) atoms. The van der Waals surface area contributed by atoms with Crippen LogP contribution in [0.2, 0.25) is 0 Å². The van der Waals surface area contributed by atoms with E-state index in [2.05, 4.69) is 20.1 Å². The van der Waals surface area contributed by atoms with Crippen LogP contribution in [0.1, 0.15) is 32.1 Å². The van der Waals surface area contributed by atoms with Crippen molar-refractivity contribution in [3.05, 3.63) is 30.3 Å². The third-order valence-electron chi connectivity index (χ3n) is 5.74. The second-order valence-electron chi connectivity index (χ2n) is 7.71. The van der Waals surface area contributed by atoms with Gasteiger partial charge < -0.3 is 25.8 Å². The van der Waals surface area contributed by atoms with Crippen LogP contribution in [0.25, 0.3) is 11.0 Å². The molecule has 0 amide bonds. The predicted octanol–water partition coefficient (Wildman–Crippen LogP) is 3.87. The minimum atomic E-state index is 0.605. The first-order valence-corrected chi connectivity index (χ1v) is 10.3. The first kappa shape index (κ1) is 17.2. The van der Waals surface area contributed by atoms with Crippen LogP contribution in [-0.2, 0) is 0 Å². The molecule has 0 saturated carbocycles. The maximum Gasteiger partial charge on any atom is 0.231 e. The Morgan fingerprint density at radius 1 is 0.857 bits per heavy atom. The maximum absolute atomic E-state index is 6.43. The van der Waals surface area contributed by atoms with E-state index in [0.29, 0.717) is 11.8 Å². The molecule has 0 aliphatic carbocycles. The summed E-state index contributed by atoms with van der Waals surface area (Å²) in [4.78, 5) is 17.8. The molecule has 0 spiro atoms. The van der Waals surface area contributed by atoms with Gasteiger partial charge in [0.1, 0.15) is 17.3 Å². The summed E-state index contributed by atoms with van der Waals surface area (Å²) in [5.74, 6) is 2.30. The van der Waals surface area contributed by atoms with Gasteiger partial charge in [-0.2, -0.15) is 9.97 Å². The number of para-hydroxylation sites is 1. The number of nitrogens with two attached hydrogens (primary N) is 1. The minimum absolute atomic E-state index is 0.605. The van der Waals surface area contributed by atoms with Crippen LogP contribution in [0.4, 0.5) is 29.0 Å². The molecule has 0 atom stereocenters. The lowest BCUT2D eigenvalue weighted by atomic mass is 10.1. The van der Waals surface area contributed by atoms with E-state index in [-0.39, 0.29) is 0 Å². The molecule has 2 saturated heterocycles. The molecule has 1 aromatic carbocycles. The summed E-state index contributed by atoms with van der Waals surface area (Å²) < 4.78 is 0. The zero-order chi connectivity index (χ0) is 18.9. The van der Waals surface area contributed by atoms with Crippen molar-refractivity contribution in [2.24, 2.45) is 0 Å². The number of nitrogens with one attached hydrogen (secondary N) is 2. The highest BCUT2D eigenvalue weighted by Crippen LogP contribution is 2.40. The maximum atomic E-state index is 6.43. The number of fused-ring (bicyclic) bond motifs is 1. The highest BCUT2D eigenvalue weighted by molar-refractivity contribution is 6.05. The van der Waals surface area contributed by atoms with Crippen LogP contribution in [0.3, 0.4) is 0 Å². The Morgan fingerprint density at radius 3 is 2.29 bits per heavy atom. The van der Waals surface area contributed by atoms with Crippen LogP contribution < -0.4 is 20.9 Å². The van der Waals surface area contributed by atoms with Crippen molar-refractivity contribution in [1.82, 2.24) is 15.0 Å². The number of piperidine rings is 1. The molecule has 4 heterocycles. The summed E-state index contributed by atoms with van der Waals surface area (Å²) >= 11 is 0. The van der Waals surface area contributed by atoms with Gasteiger partial charge in [0, 0.05) is 31.9 Å². The average molecular weight is 377 g/mol. The SMILES string of the molecule is Nc1[nH]c2nc(Nc3ccccc3)nc(N3CCCCC3)c2c1N1CCCC1. The van der Waals surface area contributed by atoms with E-state index >= 15 is 0 Å². The van der Waals surface area contributed by atoms with Gasteiger partial charge in [-0.15, -0.1) is 0 Å². The summed E-state index contributed by atoms with van der Waals surface area (Å²) in [6.45, 7) is 4.14. The van der Waals surface area contributed by atoms with E-state index in [1.165, 1.54) is 32.1 Å². The molecular formula is C21H27N7. The van der Waals surface area contributed by atoms with Crippen molar-refractivity contribution in [2.75, 3.05) is 47.0 Å². The number of anilines is 5. The van der Waals surface area contributed by atoms with Gasteiger partial charge in [0.25, 0.3) is 0 Å². The number of hydrogen-bond acceptors (Lipinski definition) is 6. The van der Waals surface area contributed by atoms with Crippen LogP contribution in [0.5, 0.6) is 0 Å². The van der Waals surface area contributed by atoms with Crippen molar-refractivity contribution in [3.8, 4) is 0 Å². The Balaban J connectivity index is 1.63. The fraction of sp³-hybridized carbons (Fsp3) is 0.429. The normalized spacial score (nSPS) is 17.4. The van der Waals surface area contributed by atoms with Crippen molar-refractivity contribution in [3.63, 3.8) is 0 Å². The second-order valence-corrected chi connectivity index (χ2v) is 7.71. The largest absolute Gasteiger partial charge is 0.383 e. The third kappa shape index (κ3) is 3.10. The molecule has 0 unspecified atom stereocenters. The van der Waals surface area contributed by atoms with Crippen LogP contribution in [0, 0.1) is 0 Å². The van der Waals surface area contributed by atoms with Crippen molar-refractivity contribution in [1.29, 1.82) is 0 Å². The third-order valence-corrected chi connectivity index (χ3v) is 5.74. The minimum Gasteiger partial charge on any atom is -0.383 e. The first-order valence-electron chi connectivity index (χ1n) is 10.3. The number of aromatic nitrogens is 3. The zero-order valence-electron chi connectivity index (χ0n) is 16.1. The molecular weight excluding hydrogens is 350 g/mol. The molecule has 7 nitrogen and oxygen atoms in total. The quantitative estimate of drug-likeness (QED) is 0.640. The average Bonchev–Trinajstić information content (AvgIpc) is 3.35. The number of H-pyrrole nitrogens is 1. The Labute approximate surface area is 165 Å². The van der Waals surface area contributed by atoms with Crippen molar-refractivity contribution in [2.45, 2.75) is 32.1 Å². The van der Waals surface area contributed by atoms with E-state index in [9.17, 15) is 0 Å². The summed E-state index contributed by atoms with van der Waals surface area (Å²) in [5, 5.41) is 4.42. The second kappa shape index (κ2) is 7.22. The molecule has 2 fully saturated rings. The lowest BCUT2D eigenvalue weighted by Crippen LogP contribution is -2.31. The number of benzene rings is 1. The van der Waals surface area contributed by atoms with Crippen molar-refractivity contribution < 1.29 is 0 Å². The van der Waals surface area contributed by atoms with Gasteiger partial charge in [0.15, 0.2) is 0 Å². The smallest absolute Gasteiger partial charge is 0.231 e. The van der Waals surface area contributed by atoms with Gasteiger partial charge in [0.2, 0.25) is 5.95 Å². The van der Waals surface area contributed by atoms with E-state index in [0.717, 1.165) is 54.4 Å². The zero-order valence-corrected chi connectivity index (χ0v) is 16.1. The molecule has 2 aliphatic heterocycles. The summed E-state index contributed by atoms with van der Waals surface area (Å²) in [7, 11) is 0. The number of nitrogens with zero attached hydrogens (tertiary/aromatic N) is 4. The number of nitrogen functional groups attached to an aromatic ring is 1. The summed E-state index contributed by atoms with van der Waals surface area (Å²) in [6, 6.07) is 10.1. The van der Waals surface area contributed by atoms with E-state index in [4.69, 9.17) is 15.7 Å². The molecule has 5 rings (SSSR count). The van der Waals surface area contributed by atoms with Gasteiger partial charge >= 0.3 is 0 Å². The van der Waals surface area contributed by atoms with Crippen LogP contribution >= 0.6 is 0 Å². The first-order chi connectivity index (χ1) is 13.8. The molecule has 0 radical (unpaired) electrons. The Morgan fingerprint density at radius 2 is 1.54 bits per heavy atom. The molecule has 7 heteroatoms. The predicted molar refractivity (Wildman–Crippen MR) is 116 cm³/mol. The highest BCUT2D eigenvalue weighted by Gasteiger charge is 2.26. The van der Waals surface area contributed by atoms with Crippen LogP contribution in [-0.4, -0.2) is 41.1 Å². The molecule has 4 N–H and O–H groups in total. The highest BCUT2D eigenvalue weighted by atomic mass is 15.3. The fourth-order valence-electron chi connectivity index (χ4n) is 4.39. The van der Waals surface area contributed by atoms with Crippen molar-refractivity contribution >= 4 is 40.0 Å². The Hall–Kier alpha value is -2.96. The molecule has 2 aromatic heterocycles. The Kier molecular flexibility index (Phi) is 4.43. The number of rotatable bonds is 4. The fourth-order valence-corrected chi connectivity index (χ4v) is 4.39. The van der Waals surface area contributed by atoms with E-state index < -0.39 is 0 Å². The van der Waals surface area contributed by atoms with Gasteiger partial charge in [-0.3, -0.25) is 0 Å². The van der Waals surface area contributed by atoms with Gasteiger partial charge in [0.05, 0.1) is 11.1 Å². The van der Waals surface area contributed by atoms with E-state index in [1.807, 2.05) is 30.3 Å². The molecule has 2 aliphatic rings. The van der Waals surface area contributed by atoms with Gasteiger partial charge in [-0.05, 0) is 44.2 Å². The monoisotopic (exact) mass is 377 g/mol. The number of hydrogen-bond donors (Lipinski definition) is 3. The van der Waals surface area contributed by atoms with Gasteiger partial charge in [-0.1, -0.05) is 18.2 Å². The van der Waals surface area contributed by atoms with E-state index in [1.54, 1.807) is 0 Å². The molecule has 146 valence electrons. The molecule has 0 bridgehead atoms. The molecule has 3 aromatic rings. The number of aromatic amines is 1. The van der Waals surface area contributed by atoms with Crippen LogP contribution in [0.15, 0.2) is 30.3 Å². The lowest BCUT2D eigenvalue weighted by molar-refractivity contribution is 0.575. The lowest BCUT2D eigenvalue weighted by Gasteiger charge is -2.29. The Bertz CT molecular complexity index is 954. The topological polar surface area (TPSA) is 86.1 Å². The summed E-state index contributed by atoms with van der Waals surface area (Å²) in [6.07, 6.45) is 6.10.